The molecule has 0 aromatic carbocycles. The van der Waals surface area contributed by atoms with Crippen LogP contribution < -0.4 is 10.6 Å². The average Bonchev–Trinajstić information content (AvgIpc) is 2.30. The number of carbonyl (C=O) groups is 1. The van der Waals surface area contributed by atoms with Crippen molar-refractivity contribution in [2.24, 2.45) is 0 Å². The van der Waals surface area contributed by atoms with Gasteiger partial charge in [-0.05, 0) is 6.92 Å². The van der Waals surface area contributed by atoms with Crippen LogP contribution in [0.5, 0.6) is 0 Å². The van der Waals surface area contributed by atoms with Crippen LogP contribution in [0.2, 0.25) is 0 Å². The summed E-state index contributed by atoms with van der Waals surface area (Å²) in [6, 6.07) is 0. The molecule has 0 saturated heterocycles. The Kier molecular flexibility index (Phi) is 5.87. The fraction of sp³-hybridized carbons (Fsp3) is 0.500. The van der Waals surface area contributed by atoms with Gasteiger partial charge in [0, 0.05) is 37.6 Å². The number of ether oxygens (including phenoxy) is 1. The van der Waals surface area contributed by atoms with Gasteiger partial charge in [0.05, 0.1) is 6.61 Å². The Morgan fingerprint density at radius 2 is 2.12 bits per heavy atom. The van der Waals surface area contributed by atoms with E-state index >= 15 is 0 Å². The zero-order valence-electron chi connectivity index (χ0n) is 9.27. The van der Waals surface area contributed by atoms with E-state index in [0.29, 0.717) is 26.2 Å². The van der Waals surface area contributed by atoms with E-state index < -0.39 is 0 Å². The molecule has 0 atom stereocenters. The second kappa shape index (κ2) is 7.58. The molecule has 1 rings (SSSR count). The number of nitrogens with one attached hydrogen (secondary N) is 2. The van der Waals surface area contributed by atoms with Crippen LogP contribution in [0, 0.1) is 0 Å². The number of rotatable bonds is 6. The maximum Gasteiger partial charge on any atom is 0.407 e. The van der Waals surface area contributed by atoms with Gasteiger partial charge in [-0.3, -0.25) is 0 Å². The summed E-state index contributed by atoms with van der Waals surface area (Å²) >= 11 is 0. The van der Waals surface area contributed by atoms with Gasteiger partial charge in [0.15, 0.2) is 0 Å². The molecule has 2 N–H and O–H groups in total. The Labute approximate surface area is 94.4 Å². The predicted molar refractivity (Wildman–Crippen MR) is 58.8 cm³/mol. The van der Waals surface area contributed by atoms with Gasteiger partial charge in [-0.25, -0.2) is 14.8 Å². The van der Waals surface area contributed by atoms with Crippen LogP contribution in [0.15, 0.2) is 18.7 Å². The molecule has 1 heterocycles. The Morgan fingerprint density at radius 1 is 1.38 bits per heavy atom. The molecular formula is C10H16N4O2. The first-order valence-corrected chi connectivity index (χ1v) is 5.18. The minimum absolute atomic E-state index is 0.382. The lowest BCUT2D eigenvalue weighted by molar-refractivity contribution is 0.152. The Morgan fingerprint density at radius 3 is 2.81 bits per heavy atom. The highest BCUT2D eigenvalue weighted by molar-refractivity contribution is 5.66. The maximum atomic E-state index is 10.9. The van der Waals surface area contributed by atoms with Gasteiger partial charge in [0.25, 0.3) is 0 Å². The molecule has 0 bridgehead atoms. The van der Waals surface area contributed by atoms with Gasteiger partial charge in [-0.1, -0.05) is 0 Å². The molecule has 1 amide bonds. The largest absolute Gasteiger partial charge is 0.450 e. The van der Waals surface area contributed by atoms with Crippen LogP contribution in [0.3, 0.4) is 0 Å². The molecule has 0 aliphatic carbocycles. The van der Waals surface area contributed by atoms with Crippen molar-refractivity contribution in [3.05, 3.63) is 24.3 Å². The molecule has 1 aromatic heterocycles. The van der Waals surface area contributed by atoms with E-state index in [1.165, 1.54) is 6.33 Å². The van der Waals surface area contributed by atoms with Crippen molar-refractivity contribution in [3.8, 4) is 0 Å². The lowest BCUT2D eigenvalue weighted by Crippen LogP contribution is -2.32. The highest BCUT2D eigenvalue weighted by atomic mass is 16.5. The molecule has 1 aromatic rings. The summed E-state index contributed by atoms with van der Waals surface area (Å²) in [6.45, 7) is 4.05. The molecule has 0 spiro atoms. The van der Waals surface area contributed by atoms with Crippen LogP contribution in [0.1, 0.15) is 12.5 Å². The maximum absolute atomic E-state index is 10.9. The molecule has 0 aliphatic heterocycles. The van der Waals surface area contributed by atoms with Crippen LogP contribution >= 0.6 is 0 Å². The van der Waals surface area contributed by atoms with Crippen molar-refractivity contribution in [2.45, 2.75) is 13.5 Å². The lowest BCUT2D eigenvalue weighted by Gasteiger charge is -2.06. The monoisotopic (exact) mass is 224 g/mol. The fourth-order valence-corrected chi connectivity index (χ4v) is 1.09. The first kappa shape index (κ1) is 12.4. The van der Waals surface area contributed by atoms with Gasteiger partial charge in [0.1, 0.15) is 6.33 Å². The van der Waals surface area contributed by atoms with Gasteiger partial charge >= 0.3 is 6.09 Å². The normalized spacial score (nSPS) is 9.81. The average molecular weight is 224 g/mol. The summed E-state index contributed by atoms with van der Waals surface area (Å²) in [7, 11) is 0. The molecule has 6 heteroatoms. The van der Waals surface area contributed by atoms with Crippen molar-refractivity contribution in [1.82, 2.24) is 20.6 Å². The SMILES string of the molecule is CCOC(=O)NCCNCc1cncnc1. The number of hydrogen-bond donors (Lipinski definition) is 2. The summed E-state index contributed by atoms with van der Waals surface area (Å²) in [5.74, 6) is 0. The second-order valence-electron chi connectivity index (χ2n) is 3.07. The summed E-state index contributed by atoms with van der Waals surface area (Å²) in [5, 5.41) is 5.76. The minimum atomic E-state index is -0.382. The summed E-state index contributed by atoms with van der Waals surface area (Å²) < 4.78 is 4.71. The third kappa shape index (κ3) is 5.26. The minimum Gasteiger partial charge on any atom is -0.450 e. The van der Waals surface area contributed by atoms with E-state index in [9.17, 15) is 4.79 Å². The van der Waals surface area contributed by atoms with Crippen molar-refractivity contribution < 1.29 is 9.53 Å². The van der Waals surface area contributed by atoms with E-state index in [-0.39, 0.29) is 6.09 Å². The molecule has 0 aliphatic rings. The molecule has 16 heavy (non-hydrogen) atoms. The van der Waals surface area contributed by atoms with Crippen molar-refractivity contribution in [3.63, 3.8) is 0 Å². The zero-order chi connectivity index (χ0) is 11.6. The number of amides is 1. The number of nitrogens with zero attached hydrogens (tertiary/aromatic N) is 2. The third-order valence-corrected chi connectivity index (χ3v) is 1.79. The number of hydrogen-bond acceptors (Lipinski definition) is 5. The molecular weight excluding hydrogens is 208 g/mol. The third-order valence-electron chi connectivity index (χ3n) is 1.79. The highest BCUT2D eigenvalue weighted by Crippen LogP contribution is 1.90. The fourth-order valence-electron chi connectivity index (χ4n) is 1.09. The molecule has 0 unspecified atom stereocenters. The Balaban J connectivity index is 2.02. The molecule has 0 radical (unpaired) electrons. The quantitative estimate of drug-likeness (QED) is 0.680. The van der Waals surface area contributed by atoms with Crippen molar-refractivity contribution in [2.75, 3.05) is 19.7 Å². The highest BCUT2D eigenvalue weighted by Gasteiger charge is 1.97. The standard InChI is InChI=1S/C10H16N4O2/c1-2-16-10(15)14-4-3-11-5-9-6-12-8-13-7-9/h6-8,11H,2-5H2,1H3,(H,14,15). The first-order chi connectivity index (χ1) is 7.83. The molecule has 0 fully saturated rings. The van der Waals surface area contributed by atoms with Crippen LogP contribution in [-0.2, 0) is 11.3 Å². The van der Waals surface area contributed by atoms with Gasteiger partial charge in [-0.15, -0.1) is 0 Å². The Bertz CT molecular complexity index is 305. The van der Waals surface area contributed by atoms with Crippen molar-refractivity contribution >= 4 is 6.09 Å². The van der Waals surface area contributed by atoms with Gasteiger partial charge < -0.3 is 15.4 Å². The van der Waals surface area contributed by atoms with Crippen LogP contribution in [0.4, 0.5) is 4.79 Å². The van der Waals surface area contributed by atoms with E-state index in [2.05, 4.69) is 20.6 Å². The molecule has 0 saturated carbocycles. The molecule has 88 valence electrons. The lowest BCUT2D eigenvalue weighted by atomic mass is 10.3. The Hall–Kier alpha value is -1.69. The van der Waals surface area contributed by atoms with Crippen molar-refractivity contribution in [1.29, 1.82) is 0 Å². The molecule has 6 nitrogen and oxygen atoms in total. The second-order valence-corrected chi connectivity index (χ2v) is 3.07. The summed E-state index contributed by atoms with van der Waals surface area (Å²) in [5.41, 5.74) is 1.01. The van der Waals surface area contributed by atoms with Crippen LogP contribution in [-0.4, -0.2) is 35.8 Å². The van der Waals surface area contributed by atoms with E-state index in [4.69, 9.17) is 4.74 Å². The topological polar surface area (TPSA) is 76.1 Å². The smallest absolute Gasteiger partial charge is 0.407 e. The predicted octanol–water partition coefficient (Wildman–Crippen LogP) is 0.312. The van der Waals surface area contributed by atoms with Crippen LogP contribution in [0.25, 0.3) is 0 Å². The number of aromatic nitrogens is 2. The number of alkyl carbamates (subject to hydrolysis) is 1. The number of carbonyl (C=O) groups excluding carboxylic acids is 1. The van der Waals surface area contributed by atoms with Gasteiger partial charge in [0.2, 0.25) is 0 Å². The summed E-state index contributed by atoms with van der Waals surface area (Å²) in [4.78, 5) is 18.7. The summed E-state index contributed by atoms with van der Waals surface area (Å²) in [6.07, 6.45) is 4.61. The van der Waals surface area contributed by atoms with E-state index in [1.54, 1.807) is 19.3 Å². The van der Waals surface area contributed by atoms with E-state index in [0.717, 1.165) is 5.56 Å². The van der Waals surface area contributed by atoms with Gasteiger partial charge in [-0.2, -0.15) is 0 Å². The first-order valence-electron chi connectivity index (χ1n) is 5.18. The zero-order valence-corrected chi connectivity index (χ0v) is 9.27. The van der Waals surface area contributed by atoms with E-state index in [1.807, 2.05) is 0 Å².